The fourth-order valence-electron chi connectivity index (χ4n) is 2.43. The van der Waals surface area contributed by atoms with Crippen molar-refractivity contribution in [1.82, 2.24) is 5.32 Å². The highest BCUT2D eigenvalue weighted by Crippen LogP contribution is 2.23. The molecule has 0 spiro atoms. The summed E-state index contributed by atoms with van der Waals surface area (Å²) < 4.78 is 6.42. The van der Waals surface area contributed by atoms with Gasteiger partial charge in [0.25, 0.3) is 5.91 Å². The van der Waals surface area contributed by atoms with Crippen LogP contribution in [0, 0.1) is 0 Å². The summed E-state index contributed by atoms with van der Waals surface area (Å²) in [6.07, 6.45) is 0.327. The third kappa shape index (κ3) is 3.65. The van der Waals surface area contributed by atoms with Crippen LogP contribution in [0.4, 0.5) is 0 Å². The largest absolute Gasteiger partial charge is 0.451 e. The molecule has 1 atom stereocenters. The summed E-state index contributed by atoms with van der Waals surface area (Å²) in [6, 6.07) is 15.6. The normalized spacial score (nSPS) is 12.0. The maximum Gasteiger partial charge on any atom is 0.287 e. The second kappa shape index (κ2) is 6.88. The van der Waals surface area contributed by atoms with E-state index < -0.39 is 17.9 Å². The van der Waals surface area contributed by atoms with Crippen LogP contribution in [-0.2, 0) is 11.2 Å². The minimum absolute atomic E-state index is 0.141. The number of carbonyl (C=O) groups excluding carboxylic acids is 2. The summed E-state index contributed by atoms with van der Waals surface area (Å²) in [5.74, 6) is -0.921. The van der Waals surface area contributed by atoms with Gasteiger partial charge >= 0.3 is 0 Å². The van der Waals surface area contributed by atoms with Gasteiger partial charge in [0.15, 0.2) is 5.76 Å². The molecule has 1 unspecified atom stereocenters. The van der Waals surface area contributed by atoms with Crippen LogP contribution in [0.3, 0.4) is 0 Å². The molecular weight excluding hydrogens is 372 g/mol. The minimum Gasteiger partial charge on any atom is -0.451 e. The Labute approximate surface area is 147 Å². The number of fused-ring (bicyclic) bond motifs is 1. The smallest absolute Gasteiger partial charge is 0.287 e. The number of furan rings is 1. The van der Waals surface area contributed by atoms with Crippen LogP contribution in [0.25, 0.3) is 11.0 Å². The summed E-state index contributed by atoms with van der Waals surface area (Å²) >= 11 is 3.37. The Kier molecular flexibility index (Phi) is 4.66. The van der Waals surface area contributed by atoms with Crippen molar-refractivity contribution in [2.45, 2.75) is 12.5 Å². The van der Waals surface area contributed by atoms with Crippen molar-refractivity contribution in [3.8, 4) is 0 Å². The first kappa shape index (κ1) is 16.3. The number of hydrogen-bond acceptors (Lipinski definition) is 3. The van der Waals surface area contributed by atoms with Gasteiger partial charge in [0.05, 0.1) is 0 Å². The Hall–Kier alpha value is -2.60. The van der Waals surface area contributed by atoms with Crippen LogP contribution < -0.4 is 11.1 Å². The first-order valence-electron chi connectivity index (χ1n) is 7.36. The third-order valence-corrected chi connectivity index (χ3v) is 4.13. The van der Waals surface area contributed by atoms with E-state index >= 15 is 0 Å². The van der Waals surface area contributed by atoms with Crippen molar-refractivity contribution in [1.29, 1.82) is 0 Å². The lowest BCUT2D eigenvalue weighted by Crippen LogP contribution is -2.45. The predicted molar refractivity (Wildman–Crippen MR) is 94.5 cm³/mol. The van der Waals surface area contributed by atoms with Crippen LogP contribution in [0.5, 0.6) is 0 Å². The van der Waals surface area contributed by atoms with E-state index in [0.29, 0.717) is 12.0 Å². The molecule has 3 aromatic rings. The highest BCUT2D eigenvalue weighted by molar-refractivity contribution is 9.10. The lowest BCUT2D eigenvalue weighted by Gasteiger charge is -2.14. The highest BCUT2D eigenvalue weighted by atomic mass is 79.9. The Balaban J connectivity index is 1.78. The van der Waals surface area contributed by atoms with E-state index in [1.807, 2.05) is 42.5 Å². The fraction of sp³-hybridized carbons (Fsp3) is 0.111. The topological polar surface area (TPSA) is 85.3 Å². The van der Waals surface area contributed by atoms with Crippen LogP contribution in [-0.4, -0.2) is 17.9 Å². The van der Waals surface area contributed by atoms with Gasteiger partial charge in [0.2, 0.25) is 5.91 Å². The van der Waals surface area contributed by atoms with Crippen LogP contribution >= 0.6 is 15.9 Å². The molecule has 0 bridgehead atoms. The molecule has 122 valence electrons. The van der Waals surface area contributed by atoms with E-state index in [2.05, 4.69) is 21.2 Å². The predicted octanol–water partition coefficient (Wildman–Crippen LogP) is 3.02. The number of benzene rings is 2. The quantitative estimate of drug-likeness (QED) is 0.706. The van der Waals surface area contributed by atoms with Crippen LogP contribution in [0.15, 0.2) is 63.5 Å². The minimum atomic E-state index is -0.806. The molecule has 2 aromatic carbocycles. The maximum atomic E-state index is 12.4. The molecule has 24 heavy (non-hydrogen) atoms. The van der Waals surface area contributed by atoms with Gasteiger partial charge < -0.3 is 15.5 Å². The molecule has 0 saturated heterocycles. The van der Waals surface area contributed by atoms with E-state index in [1.165, 1.54) is 0 Å². The van der Waals surface area contributed by atoms with Crippen molar-refractivity contribution < 1.29 is 14.0 Å². The molecule has 3 N–H and O–H groups in total. The highest BCUT2D eigenvalue weighted by Gasteiger charge is 2.21. The van der Waals surface area contributed by atoms with Gasteiger partial charge in [0.1, 0.15) is 11.6 Å². The average molecular weight is 387 g/mol. The zero-order chi connectivity index (χ0) is 17.1. The summed E-state index contributed by atoms with van der Waals surface area (Å²) in [5, 5.41) is 3.44. The SMILES string of the molecule is NC(=O)C(Cc1ccccc1)NC(=O)c1cc2cc(Br)ccc2o1. The molecule has 0 fully saturated rings. The van der Waals surface area contributed by atoms with Crippen LogP contribution in [0.2, 0.25) is 0 Å². The zero-order valence-electron chi connectivity index (χ0n) is 12.7. The van der Waals surface area contributed by atoms with Gasteiger partial charge in [-0.3, -0.25) is 9.59 Å². The van der Waals surface area contributed by atoms with Gasteiger partial charge in [-0.15, -0.1) is 0 Å². The molecule has 0 radical (unpaired) electrons. The average Bonchev–Trinajstić information content (AvgIpc) is 2.98. The Morgan fingerprint density at radius 2 is 1.88 bits per heavy atom. The number of rotatable bonds is 5. The molecule has 1 aromatic heterocycles. The number of hydrogen-bond donors (Lipinski definition) is 2. The molecule has 6 heteroatoms. The Morgan fingerprint density at radius 3 is 2.58 bits per heavy atom. The van der Waals surface area contributed by atoms with Gasteiger partial charge in [-0.2, -0.15) is 0 Å². The van der Waals surface area contributed by atoms with E-state index in [-0.39, 0.29) is 5.76 Å². The first-order valence-corrected chi connectivity index (χ1v) is 8.15. The molecule has 1 heterocycles. The van der Waals surface area contributed by atoms with Crippen molar-refractivity contribution in [2.75, 3.05) is 0 Å². The third-order valence-electron chi connectivity index (χ3n) is 3.63. The van der Waals surface area contributed by atoms with Crippen LogP contribution in [0.1, 0.15) is 16.1 Å². The maximum absolute atomic E-state index is 12.4. The summed E-state index contributed by atoms with van der Waals surface area (Å²) in [4.78, 5) is 24.0. The molecule has 0 aliphatic heterocycles. The monoisotopic (exact) mass is 386 g/mol. The van der Waals surface area contributed by atoms with Crippen molar-refractivity contribution in [3.05, 3.63) is 70.4 Å². The van der Waals surface area contributed by atoms with E-state index in [0.717, 1.165) is 15.4 Å². The molecule has 3 rings (SSSR count). The first-order chi connectivity index (χ1) is 11.5. The lowest BCUT2D eigenvalue weighted by atomic mass is 10.1. The number of primary amides is 1. The fourth-order valence-corrected chi connectivity index (χ4v) is 2.81. The summed E-state index contributed by atoms with van der Waals surface area (Å²) in [6.45, 7) is 0. The number of carbonyl (C=O) groups is 2. The molecule has 0 aliphatic rings. The van der Waals surface area contributed by atoms with E-state index in [4.69, 9.17) is 10.2 Å². The number of halogens is 1. The number of amides is 2. The van der Waals surface area contributed by atoms with Gasteiger partial charge in [-0.05, 0) is 29.8 Å². The van der Waals surface area contributed by atoms with Gasteiger partial charge in [0, 0.05) is 16.3 Å². The Morgan fingerprint density at radius 1 is 1.12 bits per heavy atom. The summed E-state index contributed by atoms with van der Waals surface area (Å²) in [7, 11) is 0. The summed E-state index contributed by atoms with van der Waals surface area (Å²) in [5.41, 5.74) is 6.93. The van der Waals surface area contributed by atoms with Gasteiger partial charge in [-0.1, -0.05) is 46.3 Å². The van der Waals surface area contributed by atoms with E-state index in [9.17, 15) is 9.59 Å². The molecular formula is C18H15BrN2O3. The van der Waals surface area contributed by atoms with Crippen molar-refractivity contribution in [2.24, 2.45) is 5.73 Å². The number of nitrogens with two attached hydrogens (primary N) is 1. The molecule has 0 aliphatic carbocycles. The number of nitrogens with one attached hydrogen (secondary N) is 1. The molecule has 5 nitrogen and oxygen atoms in total. The lowest BCUT2D eigenvalue weighted by molar-refractivity contribution is -0.119. The molecule has 0 saturated carbocycles. The zero-order valence-corrected chi connectivity index (χ0v) is 14.2. The molecule has 2 amide bonds. The second-order valence-electron chi connectivity index (χ2n) is 5.41. The van der Waals surface area contributed by atoms with Crippen molar-refractivity contribution in [3.63, 3.8) is 0 Å². The second-order valence-corrected chi connectivity index (χ2v) is 6.33. The van der Waals surface area contributed by atoms with Gasteiger partial charge in [-0.25, -0.2) is 0 Å². The van der Waals surface area contributed by atoms with E-state index in [1.54, 1.807) is 12.1 Å². The Bertz CT molecular complexity index is 890. The van der Waals surface area contributed by atoms with Crippen molar-refractivity contribution >= 4 is 38.7 Å². The standard InChI is InChI=1S/C18H15BrN2O3/c19-13-6-7-15-12(9-13)10-16(24-15)18(23)21-14(17(20)22)8-11-4-2-1-3-5-11/h1-7,9-10,14H,8H2,(H2,20,22)(H,21,23).